The Morgan fingerprint density at radius 2 is 2.12 bits per heavy atom. The van der Waals surface area contributed by atoms with E-state index in [1.807, 2.05) is 57.6 Å². The van der Waals surface area contributed by atoms with Crippen molar-refractivity contribution >= 4 is 18.3 Å². The molecule has 1 aromatic heterocycles. The SMILES string of the molecule is Cc1ccc(OC(C)CNC(=O)[C@H]2CNC[C@@H]2c2cnn(C)c2)cc1.Cl. The number of amides is 1. The molecule has 1 saturated heterocycles. The van der Waals surface area contributed by atoms with E-state index < -0.39 is 0 Å². The Morgan fingerprint density at radius 3 is 2.77 bits per heavy atom. The van der Waals surface area contributed by atoms with Crippen LogP contribution in [0.4, 0.5) is 0 Å². The minimum absolute atomic E-state index is 0. The van der Waals surface area contributed by atoms with Gasteiger partial charge in [-0.05, 0) is 31.5 Å². The summed E-state index contributed by atoms with van der Waals surface area (Å²) in [6, 6.07) is 7.94. The number of carbonyl (C=O) groups is 1. The van der Waals surface area contributed by atoms with Gasteiger partial charge in [0.05, 0.1) is 18.7 Å². The first kappa shape index (κ1) is 20.3. The molecule has 7 heteroatoms. The van der Waals surface area contributed by atoms with Crippen molar-refractivity contribution in [2.24, 2.45) is 13.0 Å². The first-order valence-electron chi connectivity index (χ1n) is 8.73. The van der Waals surface area contributed by atoms with Gasteiger partial charge >= 0.3 is 0 Å². The Bertz CT molecular complexity index is 717. The standard InChI is InChI=1S/C19H26N4O2.ClH/c1-13-4-6-16(7-5-13)25-14(2)8-21-19(24)18-11-20-10-17(18)15-9-22-23(3)12-15;/h4-7,9,12,14,17-18,20H,8,10-11H2,1-3H3,(H,21,24);1H/t14?,17-,18+;/m1./s1. The lowest BCUT2D eigenvalue weighted by atomic mass is 9.90. The van der Waals surface area contributed by atoms with Gasteiger partial charge in [0.2, 0.25) is 5.91 Å². The zero-order chi connectivity index (χ0) is 17.8. The molecule has 0 aliphatic carbocycles. The molecule has 1 fully saturated rings. The number of carbonyl (C=O) groups excluding carboxylic acids is 1. The average molecular weight is 379 g/mol. The van der Waals surface area contributed by atoms with Crippen LogP contribution in [0.25, 0.3) is 0 Å². The van der Waals surface area contributed by atoms with E-state index in [-0.39, 0.29) is 36.3 Å². The van der Waals surface area contributed by atoms with Crippen molar-refractivity contribution in [1.29, 1.82) is 0 Å². The molecule has 1 aliphatic rings. The van der Waals surface area contributed by atoms with Crippen LogP contribution in [0.15, 0.2) is 36.7 Å². The minimum atomic E-state index is -0.0853. The van der Waals surface area contributed by atoms with Crippen LogP contribution in [-0.4, -0.2) is 41.4 Å². The summed E-state index contributed by atoms with van der Waals surface area (Å²) in [5.74, 6) is 0.985. The Kier molecular flexibility index (Phi) is 7.06. The molecule has 0 saturated carbocycles. The number of rotatable bonds is 6. The van der Waals surface area contributed by atoms with E-state index in [9.17, 15) is 4.79 Å². The van der Waals surface area contributed by atoms with Gasteiger partial charge in [0.15, 0.2) is 0 Å². The molecule has 0 radical (unpaired) electrons. The summed E-state index contributed by atoms with van der Waals surface area (Å²) in [7, 11) is 1.89. The maximum absolute atomic E-state index is 12.6. The topological polar surface area (TPSA) is 68.2 Å². The number of nitrogens with one attached hydrogen (secondary N) is 2. The van der Waals surface area contributed by atoms with Crippen molar-refractivity contribution in [3.05, 3.63) is 47.8 Å². The molecule has 3 atom stereocenters. The molecule has 3 rings (SSSR count). The summed E-state index contributed by atoms with van der Waals surface area (Å²) in [5.41, 5.74) is 2.31. The van der Waals surface area contributed by atoms with E-state index in [1.165, 1.54) is 5.56 Å². The lowest BCUT2D eigenvalue weighted by Crippen LogP contribution is -2.39. The first-order valence-corrected chi connectivity index (χ1v) is 8.73. The smallest absolute Gasteiger partial charge is 0.225 e. The molecule has 1 aromatic carbocycles. The highest BCUT2D eigenvalue weighted by Crippen LogP contribution is 2.27. The van der Waals surface area contributed by atoms with Gasteiger partial charge in [0, 0.05) is 32.3 Å². The number of nitrogens with zero attached hydrogens (tertiary/aromatic N) is 2. The highest BCUT2D eigenvalue weighted by atomic mass is 35.5. The van der Waals surface area contributed by atoms with Gasteiger partial charge in [-0.1, -0.05) is 17.7 Å². The largest absolute Gasteiger partial charge is 0.489 e. The van der Waals surface area contributed by atoms with E-state index in [1.54, 1.807) is 4.68 Å². The molecule has 2 aromatic rings. The maximum Gasteiger partial charge on any atom is 0.225 e. The van der Waals surface area contributed by atoms with Crippen LogP contribution in [0.1, 0.15) is 24.0 Å². The normalized spacial score (nSPS) is 20.3. The van der Waals surface area contributed by atoms with Gasteiger partial charge < -0.3 is 15.4 Å². The molecule has 1 amide bonds. The lowest BCUT2D eigenvalue weighted by molar-refractivity contribution is -0.125. The molecule has 0 bridgehead atoms. The van der Waals surface area contributed by atoms with Crippen molar-refractivity contribution < 1.29 is 9.53 Å². The summed E-state index contributed by atoms with van der Waals surface area (Å²) in [5, 5.41) is 10.6. The van der Waals surface area contributed by atoms with Crippen molar-refractivity contribution in [3.8, 4) is 5.75 Å². The number of hydrogen-bond acceptors (Lipinski definition) is 4. The maximum atomic E-state index is 12.6. The van der Waals surface area contributed by atoms with Crippen LogP contribution in [0.3, 0.4) is 0 Å². The fourth-order valence-electron chi connectivity index (χ4n) is 3.20. The molecular formula is C19H27ClN4O2. The van der Waals surface area contributed by atoms with Crippen molar-refractivity contribution in [3.63, 3.8) is 0 Å². The van der Waals surface area contributed by atoms with Gasteiger partial charge in [-0.3, -0.25) is 9.48 Å². The first-order chi connectivity index (χ1) is 12.0. The third-order valence-corrected chi connectivity index (χ3v) is 4.63. The van der Waals surface area contributed by atoms with E-state index in [4.69, 9.17) is 4.74 Å². The van der Waals surface area contributed by atoms with Crippen LogP contribution in [-0.2, 0) is 11.8 Å². The number of aromatic nitrogens is 2. The summed E-state index contributed by atoms with van der Waals surface area (Å²) >= 11 is 0. The number of aryl methyl sites for hydroxylation is 2. The monoisotopic (exact) mass is 378 g/mol. The van der Waals surface area contributed by atoms with Gasteiger partial charge in [0.1, 0.15) is 11.9 Å². The highest BCUT2D eigenvalue weighted by molar-refractivity contribution is 5.85. The predicted molar refractivity (Wildman–Crippen MR) is 104 cm³/mol. The quantitative estimate of drug-likeness (QED) is 0.807. The molecular weight excluding hydrogens is 352 g/mol. The van der Waals surface area contributed by atoms with Crippen LogP contribution in [0.2, 0.25) is 0 Å². The van der Waals surface area contributed by atoms with Crippen molar-refractivity contribution in [1.82, 2.24) is 20.4 Å². The van der Waals surface area contributed by atoms with Crippen LogP contribution in [0, 0.1) is 12.8 Å². The fraction of sp³-hybridized carbons (Fsp3) is 0.474. The van der Waals surface area contributed by atoms with Gasteiger partial charge in [-0.25, -0.2) is 0 Å². The molecule has 26 heavy (non-hydrogen) atoms. The average Bonchev–Trinajstić information content (AvgIpc) is 3.23. The zero-order valence-corrected chi connectivity index (χ0v) is 16.3. The predicted octanol–water partition coefficient (Wildman–Crippen LogP) is 2.04. The Morgan fingerprint density at radius 1 is 1.38 bits per heavy atom. The zero-order valence-electron chi connectivity index (χ0n) is 15.4. The third kappa shape index (κ3) is 4.99. The fourth-order valence-corrected chi connectivity index (χ4v) is 3.20. The van der Waals surface area contributed by atoms with Gasteiger partial charge in [-0.15, -0.1) is 12.4 Å². The summed E-state index contributed by atoms with van der Waals surface area (Å²) in [4.78, 5) is 12.6. The van der Waals surface area contributed by atoms with Crippen LogP contribution in [0.5, 0.6) is 5.75 Å². The molecule has 0 spiro atoms. The lowest BCUT2D eigenvalue weighted by Gasteiger charge is -2.20. The second-order valence-corrected chi connectivity index (χ2v) is 6.81. The molecule has 2 N–H and O–H groups in total. The summed E-state index contributed by atoms with van der Waals surface area (Å²) < 4.78 is 7.63. The minimum Gasteiger partial charge on any atom is -0.489 e. The van der Waals surface area contributed by atoms with Crippen molar-refractivity contribution in [2.75, 3.05) is 19.6 Å². The van der Waals surface area contributed by atoms with Gasteiger partial charge in [0.25, 0.3) is 0 Å². The number of ether oxygens (including phenoxy) is 1. The van der Waals surface area contributed by atoms with Crippen LogP contribution < -0.4 is 15.4 Å². The third-order valence-electron chi connectivity index (χ3n) is 4.63. The Labute approximate surface area is 160 Å². The van der Waals surface area contributed by atoms with Gasteiger partial charge in [-0.2, -0.15) is 5.10 Å². The van der Waals surface area contributed by atoms with E-state index >= 15 is 0 Å². The van der Waals surface area contributed by atoms with Crippen molar-refractivity contribution in [2.45, 2.75) is 25.9 Å². The Balaban J connectivity index is 0.00000243. The second-order valence-electron chi connectivity index (χ2n) is 6.81. The summed E-state index contributed by atoms with van der Waals surface area (Å²) in [6.45, 7) is 5.99. The second kappa shape index (κ2) is 9.05. The molecule has 2 heterocycles. The number of halogens is 1. The van der Waals surface area contributed by atoms with E-state index in [2.05, 4.69) is 15.7 Å². The summed E-state index contributed by atoms with van der Waals surface area (Å²) in [6.07, 6.45) is 3.75. The molecule has 1 unspecified atom stereocenters. The Hall–Kier alpha value is -2.05. The van der Waals surface area contributed by atoms with E-state index in [0.717, 1.165) is 17.9 Å². The van der Waals surface area contributed by atoms with E-state index in [0.29, 0.717) is 13.1 Å². The van der Waals surface area contributed by atoms with Crippen LogP contribution >= 0.6 is 12.4 Å². The molecule has 142 valence electrons. The molecule has 1 aliphatic heterocycles. The number of hydrogen-bond donors (Lipinski definition) is 2. The highest BCUT2D eigenvalue weighted by Gasteiger charge is 2.34. The number of benzene rings is 1. The molecule has 6 nitrogen and oxygen atoms in total.